The number of fused-ring (bicyclic) bond motifs is 8. The second kappa shape index (κ2) is 7.15. The summed E-state index contributed by atoms with van der Waals surface area (Å²) in [5.74, 6) is 0. The second-order valence-corrected chi connectivity index (χ2v) is 5.76. The average molecular weight is 382 g/mol. The first-order chi connectivity index (χ1) is 11.8. The fourth-order valence-electron chi connectivity index (χ4n) is 2.83. The van der Waals surface area contributed by atoms with Gasteiger partial charge in [-0.1, -0.05) is 48.5 Å². The van der Waals surface area contributed by atoms with E-state index in [0.29, 0.717) is 0 Å². The molecule has 5 heteroatoms. The van der Waals surface area contributed by atoms with Gasteiger partial charge in [0.1, 0.15) is 0 Å². The minimum atomic E-state index is 0. The first-order valence-electron chi connectivity index (χ1n) is 7.74. The molecular formula is C21H15CoN4. The molecular weight excluding hydrogens is 367 g/mol. The molecule has 0 fully saturated rings. The number of hydrogen-bond donors (Lipinski definition) is 0. The first-order valence-corrected chi connectivity index (χ1v) is 7.74. The van der Waals surface area contributed by atoms with Gasteiger partial charge in [-0.05, 0) is 24.3 Å². The zero-order valence-electron chi connectivity index (χ0n) is 14.1. The van der Waals surface area contributed by atoms with Crippen LogP contribution in [0.25, 0.3) is 46.4 Å². The minimum absolute atomic E-state index is 0. The third-order valence-corrected chi connectivity index (χ3v) is 3.92. The zero-order chi connectivity index (χ0) is 15.9. The standard InChI is InChI=1S/C20H12N4.CH3.Co/c1-2-14-10-16-5-6-18(23-16)12-20-8-7-19(24-20)11-17-4-3-15(22-17)9-13(1)21-14;;/h1-12H;1H3;/q-2;-1;+3. The summed E-state index contributed by atoms with van der Waals surface area (Å²) in [5, 5.41) is 0. The van der Waals surface area contributed by atoms with E-state index in [1.807, 2.05) is 72.8 Å². The van der Waals surface area contributed by atoms with E-state index in [1.54, 1.807) is 0 Å². The molecule has 2 aliphatic heterocycles. The Hall–Kier alpha value is -2.89. The van der Waals surface area contributed by atoms with Crippen molar-refractivity contribution < 1.29 is 16.8 Å². The molecule has 8 bridgehead atoms. The van der Waals surface area contributed by atoms with Crippen LogP contribution in [0.2, 0.25) is 0 Å². The number of hydrogen-bond acceptors (Lipinski definition) is 2. The molecule has 0 saturated carbocycles. The summed E-state index contributed by atoms with van der Waals surface area (Å²) in [6, 6.07) is 15.9. The van der Waals surface area contributed by atoms with E-state index in [4.69, 9.17) is 0 Å². The summed E-state index contributed by atoms with van der Waals surface area (Å²) < 4.78 is 0. The molecule has 4 nitrogen and oxygen atoms in total. The molecule has 26 heavy (non-hydrogen) atoms. The molecule has 0 radical (unpaired) electrons. The SMILES string of the molecule is C1=Cc2cc3ccc(cc4nc(cc5ccc(cc1n2)[n-]5)C=C4)[n-]3.[CH3-].[Co+3]. The van der Waals surface area contributed by atoms with Crippen LogP contribution in [-0.4, -0.2) is 9.97 Å². The van der Waals surface area contributed by atoms with Crippen molar-refractivity contribution >= 4 is 46.4 Å². The Bertz CT molecular complexity index is 990. The molecule has 3 aromatic rings. The average Bonchev–Trinajstić information content (AvgIpc) is 3.32. The molecule has 0 unspecified atom stereocenters. The molecule has 0 N–H and O–H groups in total. The van der Waals surface area contributed by atoms with E-state index in [1.165, 1.54) is 0 Å². The van der Waals surface area contributed by atoms with Crippen LogP contribution in [0, 0.1) is 7.43 Å². The van der Waals surface area contributed by atoms with Crippen molar-refractivity contribution in [2.24, 2.45) is 0 Å². The van der Waals surface area contributed by atoms with Gasteiger partial charge in [-0.3, -0.25) is 0 Å². The molecule has 0 spiro atoms. The van der Waals surface area contributed by atoms with Crippen LogP contribution in [0.5, 0.6) is 0 Å². The number of rotatable bonds is 0. The monoisotopic (exact) mass is 382 g/mol. The Balaban J connectivity index is 0.000000980. The Kier molecular flexibility index (Phi) is 4.93. The van der Waals surface area contributed by atoms with Crippen LogP contribution in [-0.2, 0) is 16.8 Å². The molecule has 0 amide bonds. The second-order valence-electron chi connectivity index (χ2n) is 5.76. The van der Waals surface area contributed by atoms with Crippen LogP contribution >= 0.6 is 0 Å². The van der Waals surface area contributed by atoms with E-state index in [0.717, 1.165) is 44.8 Å². The van der Waals surface area contributed by atoms with Gasteiger partial charge < -0.3 is 17.4 Å². The third kappa shape index (κ3) is 3.54. The molecule has 2 aliphatic rings. The van der Waals surface area contributed by atoms with E-state index in [2.05, 4.69) is 19.9 Å². The van der Waals surface area contributed by atoms with Crippen molar-refractivity contribution in [3.8, 4) is 0 Å². The van der Waals surface area contributed by atoms with Gasteiger partial charge in [0.05, 0.1) is 22.8 Å². The summed E-state index contributed by atoms with van der Waals surface area (Å²) >= 11 is 0. The minimum Gasteiger partial charge on any atom is -0.658 e. The topological polar surface area (TPSA) is 54.0 Å². The fraction of sp³-hybridized carbons (Fsp3) is 0. The van der Waals surface area contributed by atoms with Gasteiger partial charge >= 0.3 is 16.8 Å². The molecule has 0 aromatic carbocycles. The largest absolute Gasteiger partial charge is 3.00 e. The predicted molar refractivity (Wildman–Crippen MR) is 103 cm³/mol. The molecule has 0 atom stereocenters. The summed E-state index contributed by atoms with van der Waals surface area (Å²) in [7, 11) is 0. The van der Waals surface area contributed by atoms with Crippen molar-refractivity contribution in [3.05, 3.63) is 78.7 Å². The Labute approximate surface area is 161 Å². The quantitative estimate of drug-likeness (QED) is 0.374. The maximum absolute atomic E-state index is 4.59. The van der Waals surface area contributed by atoms with Crippen LogP contribution in [0.1, 0.15) is 22.8 Å². The summed E-state index contributed by atoms with van der Waals surface area (Å²) in [6.07, 6.45) is 7.95. The zero-order valence-corrected chi connectivity index (χ0v) is 15.1. The van der Waals surface area contributed by atoms with Gasteiger partial charge in [-0.25, -0.2) is 9.97 Å². The normalized spacial score (nSPS) is 11.7. The van der Waals surface area contributed by atoms with Crippen molar-refractivity contribution in [1.29, 1.82) is 0 Å². The van der Waals surface area contributed by atoms with Gasteiger partial charge in [-0.15, -0.1) is 22.1 Å². The third-order valence-electron chi connectivity index (χ3n) is 3.92. The smallest absolute Gasteiger partial charge is 0.658 e. The predicted octanol–water partition coefficient (Wildman–Crippen LogP) is 4.36. The van der Waals surface area contributed by atoms with E-state index < -0.39 is 0 Å². The fourth-order valence-corrected chi connectivity index (χ4v) is 2.83. The molecule has 128 valence electrons. The number of nitrogens with zero attached hydrogens (tertiary/aromatic N) is 4. The summed E-state index contributed by atoms with van der Waals surface area (Å²) in [5.41, 5.74) is 7.15. The van der Waals surface area contributed by atoms with Gasteiger partial charge in [0, 0.05) is 0 Å². The van der Waals surface area contributed by atoms with E-state index in [-0.39, 0.29) is 24.2 Å². The molecule has 0 saturated heterocycles. The van der Waals surface area contributed by atoms with Gasteiger partial charge in [0.15, 0.2) is 0 Å². The van der Waals surface area contributed by atoms with Crippen LogP contribution in [0.15, 0.2) is 48.5 Å². The van der Waals surface area contributed by atoms with Crippen molar-refractivity contribution in [2.75, 3.05) is 0 Å². The van der Waals surface area contributed by atoms with Crippen LogP contribution in [0.4, 0.5) is 0 Å². The van der Waals surface area contributed by atoms with E-state index >= 15 is 0 Å². The van der Waals surface area contributed by atoms with Crippen molar-refractivity contribution in [1.82, 2.24) is 19.9 Å². The van der Waals surface area contributed by atoms with Crippen molar-refractivity contribution in [2.45, 2.75) is 0 Å². The van der Waals surface area contributed by atoms with Crippen LogP contribution in [0.3, 0.4) is 0 Å². The molecule has 5 rings (SSSR count). The van der Waals surface area contributed by atoms with Crippen LogP contribution < -0.4 is 9.97 Å². The van der Waals surface area contributed by atoms with Crippen molar-refractivity contribution in [3.63, 3.8) is 0 Å². The Morgan fingerprint density at radius 3 is 1.04 bits per heavy atom. The van der Waals surface area contributed by atoms with Gasteiger partial charge in [-0.2, -0.15) is 0 Å². The Morgan fingerprint density at radius 2 is 0.769 bits per heavy atom. The van der Waals surface area contributed by atoms with Gasteiger partial charge in [0.2, 0.25) is 0 Å². The molecule has 5 heterocycles. The van der Waals surface area contributed by atoms with E-state index in [9.17, 15) is 0 Å². The summed E-state index contributed by atoms with van der Waals surface area (Å²) in [6.45, 7) is 0. The maximum atomic E-state index is 4.59. The molecule has 3 aromatic heterocycles. The number of aromatic nitrogens is 4. The molecule has 0 aliphatic carbocycles. The van der Waals surface area contributed by atoms with Gasteiger partial charge in [0.25, 0.3) is 0 Å². The Morgan fingerprint density at radius 1 is 0.500 bits per heavy atom. The maximum Gasteiger partial charge on any atom is 3.00 e. The first kappa shape index (κ1) is 17.9. The summed E-state index contributed by atoms with van der Waals surface area (Å²) in [4.78, 5) is 18.4.